The first-order valence-corrected chi connectivity index (χ1v) is 19.4. The second kappa shape index (κ2) is 13.1. The molecule has 9 aromatic rings. The van der Waals surface area contributed by atoms with Crippen LogP contribution in [0.2, 0.25) is 0 Å². The molecule has 0 saturated carbocycles. The Kier molecular flexibility index (Phi) is 7.58. The number of hydrogen-bond acceptors (Lipinski definition) is 4. The average molecular weight is 730 g/mol. The SMILES string of the molecule is C\C=C/C=C\C=C\c1nc(-c2ccccc2)nc(-c2cccc(-c3ccc4c(c3)C3(c5ccccc5-4)c4ccccc4-c4c3ccc3c4oc4ccccc43)c2)n1. The summed E-state index contributed by atoms with van der Waals surface area (Å²) in [5.74, 6) is 1.86. The normalized spacial score (nSPS) is 15.3. The molecule has 11 rings (SSSR count). The van der Waals surface area contributed by atoms with Crippen molar-refractivity contribution in [1.82, 2.24) is 15.0 Å². The largest absolute Gasteiger partial charge is 0.455 e. The lowest BCUT2D eigenvalue weighted by Crippen LogP contribution is -2.25. The lowest BCUT2D eigenvalue weighted by Gasteiger charge is -2.30. The number of nitrogens with zero attached hydrogens (tertiary/aromatic N) is 3. The zero-order chi connectivity index (χ0) is 37.9. The fraction of sp³-hybridized carbons (Fsp3) is 0.0377. The molecule has 4 nitrogen and oxygen atoms in total. The van der Waals surface area contributed by atoms with Crippen LogP contribution < -0.4 is 0 Å². The predicted octanol–water partition coefficient (Wildman–Crippen LogP) is 13.3. The highest BCUT2D eigenvalue weighted by Gasteiger charge is 2.52. The minimum absolute atomic E-state index is 0.514. The Bertz CT molecular complexity index is 3150. The summed E-state index contributed by atoms with van der Waals surface area (Å²) in [7, 11) is 0. The van der Waals surface area contributed by atoms with Crippen LogP contribution in [-0.4, -0.2) is 15.0 Å². The number of furan rings is 1. The van der Waals surface area contributed by atoms with E-state index in [0.717, 1.165) is 44.2 Å². The molecule has 0 N–H and O–H groups in total. The third-order valence-electron chi connectivity index (χ3n) is 11.5. The van der Waals surface area contributed by atoms with E-state index in [2.05, 4.69) is 121 Å². The van der Waals surface area contributed by atoms with Gasteiger partial charge in [-0.1, -0.05) is 170 Å². The summed E-state index contributed by atoms with van der Waals surface area (Å²) in [4.78, 5) is 14.8. The van der Waals surface area contributed by atoms with Gasteiger partial charge in [-0.2, -0.15) is 0 Å². The summed E-state index contributed by atoms with van der Waals surface area (Å²) < 4.78 is 6.73. The van der Waals surface area contributed by atoms with E-state index in [0.29, 0.717) is 17.5 Å². The molecule has 7 aromatic carbocycles. The van der Waals surface area contributed by atoms with Gasteiger partial charge in [-0.05, 0) is 81.3 Å². The highest BCUT2D eigenvalue weighted by Crippen LogP contribution is 2.64. The molecule has 1 unspecified atom stereocenters. The molecular weight excluding hydrogens is 695 g/mol. The smallest absolute Gasteiger partial charge is 0.164 e. The minimum Gasteiger partial charge on any atom is -0.455 e. The maximum absolute atomic E-state index is 6.73. The molecule has 4 heteroatoms. The molecule has 57 heavy (non-hydrogen) atoms. The van der Waals surface area contributed by atoms with Crippen LogP contribution in [0.25, 0.3) is 84.2 Å². The number of hydrogen-bond donors (Lipinski definition) is 0. The van der Waals surface area contributed by atoms with Crippen molar-refractivity contribution in [2.24, 2.45) is 0 Å². The van der Waals surface area contributed by atoms with E-state index in [1.54, 1.807) is 0 Å². The summed E-state index contributed by atoms with van der Waals surface area (Å²) in [5, 5.41) is 2.28. The van der Waals surface area contributed by atoms with E-state index >= 15 is 0 Å². The van der Waals surface area contributed by atoms with Gasteiger partial charge in [-0.3, -0.25) is 0 Å². The molecular formula is C53H35N3O. The quantitative estimate of drug-likeness (QED) is 0.160. The highest BCUT2D eigenvalue weighted by atomic mass is 16.3. The van der Waals surface area contributed by atoms with Crippen LogP contribution in [0.4, 0.5) is 0 Å². The molecule has 2 aliphatic rings. The van der Waals surface area contributed by atoms with Crippen LogP contribution in [0.3, 0.4) is 0 Å². The summed E-state index contributed by atoms with van der Waals surface area (Å²) in [6, 6.07) is 56.5. The van der Waals surface area contributed by atoms with Crippen molar-refractivity contribution in [3.8, 4) is 56.2 Å². The molecule has 2 aliphatic carbocycles. The molecule has 268 valence electrons. The monoisotopic (exact) mass is 729 g/mol. The molecule has 2 aromatic heterocycles. The van der Waals surface area contributed by atoms with Crippen LogP contribution in [0.5, 0.6) is 0 Å². The first-order valence-electron chi connectivity index (χ1n) is 19.4. The third-order valence-corrected chi connectivity index (χ3v) is 11.5. The van der Waals surface area contributed by atoms with E-state index in [9.17, 15) is 0 Å². The third kappa shape index (κ3) is 5.04. The van der Waals surface area contributed by atoms with Gasteiger partial charge >= 0.3 is 0 Å². The Labute approximate surface area is 330 Å². The van der Waals surface area contributed by atoms with Gasteiger partial charge in [0.05, 0.1) is 5.41 Å². The Morgan fingerprint density at radius 3 is 1.98 bits per heavy atom. The molecule has 0 radical (unpaired) electrons. The van der Waals surface area contributed by atoms with Gasteiger partial charge < -0.3 is 4.42 Å². The molecule has 0 bridgehead atoms. The van der Waals surface area contributed by atoms with Gasteiger partial charge in [0.15, 0.2) is 17.5 Å². The molecule has 0 fully saturated rings. The Balaban J connectivity index is 1.09. The van der Waals surface area contributed by atoms with Crippen molar-refractivity contribution in [2.75, 3.05) is 0 Å². The number of benzene rings is 7. The van der Waals surface area contributed by atoms with Crippen molar-refractivity contribution >= 4 is 28.0 Å². The van der Waals surface area contributed by atoms with E-state index in [-0.39, 0.29) is 0 Å². The molecule has 1 atom stereocenters. The zero-order valence-electron chi connectivity index (χ0n) is 31.2. The lowest BCUT2D eigenvalue weighted by molar-refractivity contribution is 0.669. The van der Waals surface area contributed by atoms with Crippen molar-refractivity contribution in [1.29, 1.82) is 0 Å². The molecule has 0 aliphatic heterocycles. The first kappa shape index (κ1) is 33.0. The Morgan fingerprint density at radius 1 is 0.456 bits per heavy atom. The number of aromatic nitrogens is 3. The van der Waals surface area contributed by atoms with Crippen molar-refractivity contribution in [2.45, 2.75) is 12.3 Å². The second-order valence-corrected chi connectivity index (χ2v) is 14.6. The van der Waals surface area contributed by atoms with Crippen LogP contribution in [0, 0.1) is 0 Å². The summed E-state index contributed by atoms with van der Waals surface area (Å²) in [5.41, 5.74) is 15.5. The van der Waals surface area contributed by atoms with Crippen LogP contribution >= 0.6 is 0 Å². The lowest BCUT2D eigenvalue weighted by atomic mass is 9.70. The van der Waals surface area contributed by atoms with Crippen molar-refractivity contribution in [3.63, 3.8) is 0 Å². The number of allylic oxidation sites excluding steroid dienone is 5. The maximum atomic E-state index is 6.73. The van der Waals surface area contributed by atoms with E-state index < -0.39 is 5.41 Å². The van der Waals surface area contributed by atoms with Crippen LogP contribution in [0.15, 0.2) is 193 Å². The van der Waals surface area contributed by atoms with Crippen LogP contribution in [-0.2, 0) is 5.41 Å². The summed E-state index contributed by atoms with van der Waals surface area (Å²) >= 11 is 0. The van der Waals surface area contributed by atoms with Gasteiger partial charge in [-0.25, -0.2) is 15.0 Å². The van der Waals surface area contributed by atoms with Gasteiger partial charge in [0.2, 0.25) is 0 Å². The fourth-order valence-corrected chi connectivity index (χ4v) is 9.11. The van der Waals surface area contributed by atoms with Crippen molar-refractivity contribution < 1.29 is 4.42 Å². The first-order chi connectivity index (χ1) is 28.2. The molecule has 1 spiro atoms. The van der Waals surface area contributed by atoms with Crippen molar-refractivity contribution in [3.05, 3.63) is 216 Å². The minimum atomic E-state index is -0.514. The Morgan fingerprint density at radius 2 is 1.12 bits per heavy atom. The van der Waals surface area contributed by atoms with Crippen LogP contribution in [0.1, 0.15) is 35.0 Å². The summed E-state index contributed by atoms with van der Waals surface area (Å²) in [6.07, 6.45) is 11.8. The summed E-state index contributed by atoms with van der Waals surface area (Å²) in [6.45, 7) is 2.00. The molecule has 0 saturated heterocycles. The maximum Gasteiger partial charge on any atom is 0.164 e. The van der Waals surface area contributed by atoms with E-state index in [1.807, 2.05) is 79.8 Å². The van der Waals surface area contributed by atoms with Gasteiger partial charge in [0, 0.05) is 27.5 Å². The number of fused-ring (bicyclic) bond motifs is 14. The average Bonchev–Trinajstić information content (AvgIpc) is 3.90. The molecule has 0 amide bonds. The second-order valence-electron chi connectivity index (χ2n) is 14.6. The standard InChI is InChI=1S/C53H35N3O/c1-2-3-4-5-9-27-48-54-51(34-17-7-6-8-18-34)56-52(55-48)37-20-16-19-35(32-37)36-28-29-39-38-21-10-13-24-43(38)53(46(39)33-36)44-25-14-11-23-42(44)49-45(53)31-30-41-40-22-12-15-26-47(40)57-50(41)49/h2-33H,1H3/b3-2-,5-4-,27-9+. The number of rotatable bonds is 6. The van der Waals surface area contributed by atoms with E-state index in [4.69, 9.17) is 19.4 Å². The van der Waals surface area contributed by atoms with Gasteiger partial charge in [0.1, 0.15) is 11.2 Å². The molecule has 2 heterocycles. The zero-order valence-corrected chi connectivity index (χ0v) is 31.2. The fourth-order valence-electron chi connectivity index (χ4n) is 9.11. The van der Waals surface area contributed by atoms with E-state index in [1.165, 1.54) is 44.5 Å². The van der Waals surface area contributed by atoms with Gasteiger partial charge in [-0.15, -0.1) is 0 Å². The van der Waals surface area contributed by atoms with Gasteiger partial charge in [0.25, 0.3) is 0 Å². The topological polar surface area (TPSA) is 51.8 Å². The number of para-hydroxylation sites is 1. The Hall–Kier alpha value is -7.43. The highest BCUT2D eigenvalue weighted by molar-refractivity contribution is 6.13. The predicted molar refractivity (Wildman–Crippen MR) is 233 cm³/mol.